The van der Waals surface area contributed by atoms with E-state index in [1.165, 1.54) is 29.4 Å². The first-order chi connectivity index (χ1) is 32.1. The number of nitrogens with two attached hydrogens (primary N) is 3. The van der Waals surface area contributed by atoms with Crippen molar-refractivity contribution < 1.29 is 28.8 Å². The predicted molar refractivity (Wildman–Crippen MR) is 260 cm³/mol. The summed E-state index contributed by atoms with van der Waals surface area (Å²) in [5.41, 5.74) is 19.1. The van der Waals surface area contributed by atoms with Gasteiger partial charge in [-0.25, -0.2) is 0 Å². The summed E-state index contributed by atoms with van der Waals surface area (Å²) in [6.07, 6.45) is 1.05. The lowest BCUT2D eigenvalue weighted by Gasteiger charge is -2.34. The summed E-state index contributed by atoms with van der Waals surface area (Å²) < 4.78 is 0. The van der Waals surface area contributed by atoms with Crippen molar-refractivity contribution in [2.45, 2.75) is 19.3 Å². The van der Waals surface area contributed by atoms with Gasteiger partial charge in [0.25, 0.3) is 0 Å². The van der Waals surface area contributed by atoms with Gasteiger partial charge in [-0.1, -0.05) is 91.0 Å². The molecule has 6 N–H and O–H groups in total. The van der Waals surface area contributed by atoms with Crippen LogP contribution in [0.25, 0.3) is 32.3 Å². The van der Waals surface area contributed by atoms with Crippen molar-refractivity contribution in [2.24, 2.45) is 17.2 Å². The number of fused-ring (bicyclic) bond motifs is 3. The molecule has 1 heterocycles. The number of nitrogens with zero attached hydrogens (tertiary/aromatic N) is 6. The third-order valence-electron chi connectivity index (χ3n) is 11.9. The van der Waals surface area contributed by atoms with Crippen LogP contribution in [0.1, 0.15) is 19.3 Å². The van der Waals surface area contributed by atoms with Crippen LogP contribution in [-0.2, 0) is 28.8 Å². The average Bonchev–Trinajstić information content (AvgIpc) is 3.34. The maximum atomic E-state index is 14.8. The molecule has 15 nitrogen and oxygen atoms in total. The highest BCUT2D eigenvalue weighted by Crippen LogP contribution is 2.27. The van der Waals surface area contributed by atoms with Crippen LogP contribution in [-0.4, -0.2) is 129 Å². The normalized spacial score (nSPS) is 15.7. The Hall–Kier alpha value is -7.20. The monoisotopic (exact) mass is 891 g/mol. The van der Waals surface area contributed by atoms with Gasteiger partial charge in [-0.15, -0.1) is 0 Å². The molecule has 0 unspecified atom stereocenters. The molecule has 66 heavy (non-hydrogen) atoms. The van der Waals surface area contributed by atoms with Crippen molar-refractivity contribution in [1.82, 2.24) is 14.7 Å². The molecule has 6 aromatic rings. The number of carbonyl (C=O) groups is 6. The van der Waals surface area contributed by atoms with Gasteiger partial charge in [0.1, 0.15) is 39.3 Å². The molecule has 0 aliphatic carbocycles. The third-order valence-corrected chi connectivity index (χ3v) is 11.9. The molecule has 1 aliphatic rings. The fourth-order valence-electron chi connectivity index (χ4n) is 8.18. The first-order valence-electron chi connectivity index (χ1n) is 22.4. The standard InChI is InChI=1S/C51H57N9O6/c52-22-7-25-55-31-49(64)58(43-19-16-37-10-1-4-13-40(37)28-43)34-46(61)56(26-8-23-53)32-50(65)60(45-21-18-39-12-3-6-15-42(39)30-45)36-48(63)57(27-9-24-54)33-51(66)59(35-47(55)62)44-20-17-38-11-2-5-14-41(38)29-44/h1-6,10-21,28-30H,7-9,22-27,31-36,52-54H2. The first kappa shape index (κ1) is 46.8. The summed E-state index contributed by atoms with van der Waals surface area (Å²) in [6.45, 7) is -1.85. The van der Waals surface area contributed by atoms with Crippen LogP contribution in [0, 0.1) is 0 Å². The van der Waals surface area contributed by atoms with Gasteiger partial charge in [-0.05, 0) is 108 Å². The fourth-order valence-corrected chi connectivity index (χ4v) is 8.18. The Bertz CT molecular complexity index is 2430. The quantitative estimate of drug-likeness (QED) is 0.162. The van der Waals surface area contributed by atoms with Gasteiger partial charge in [-0.2, -0.15) is 0 Å². The predicted octanol–water partition coefficient (Wildman–Crippen LogP) is 4.09. The Kier molecular flexibility index (Phi) is 15.7. The molecule has 7 rings (SSSR count). The van der Waals surface area contributed by atoms with E-state index in [9.17, 15) is 28.8 Å². The van der Waals surface area contributed by atoms with Crippen LogP contribution in [0.4, 0.5) is 17.1 Å². The molecule has 6 aromatic carbocycles. The highest BCUT2D eigenvalue weighted by Gasteiger charge is 2.33. The molecule has 15 heteroatoms. The van der Waals surface area contributed by atoms with Crippen LogP contribution in [0.5, 0.6) is 0 Å². The van der Waals surface area contributed by atoms with Crippen molar-refractivity contribution in [3.63, 3.8) is 0 Å². The molecule has 342 valence electrons. The molecule has 1 saturated heterocycles. The van der Waals surface area contributed by atoms with Gasteiger partial charge in [0, 0.05) is 36.7 Å². The molecule has 0 radical (unpaired) electrons. The minimum atomic E-state index is -0.560. The highest BCUT2D eigenvalue weighted by molar-refractivity contribution is 6.07. The third kappa shape index (κ3) is 11.4. The van der Waals surface area contributed by atoms with E-state index in [2.05, 4.69) is 0 Å². The zero-order chi connectivity index (χ0) is 46.6. The first-order valence-corrected chi connectivity index (χ1v) is 22.4. The van der Waals surface area contributed by atoms with E-state index in [0.717, 1.165) is 32.3 Å². The molecular weight excluding hydrogens is 835 g/mol. The maximum absolute atomic E-state index is 14.8. The second kappa shape index (κ2) is 22.1. The van der Waals surface area contributed by atoms with Crippen molar-refractivity contribution in [2.75, 3.05) is 93.2 Å². The van der Waals surface area contributed by atoms with Crippen molar-refractivity contribution in [1.29, 1.82) is 0 Å². The van der Waals surface area contributed by atoms with E-state index in [-0.39, 0.29) is 39.3 Å². The number of benzene rings is 6. The summed E-state index contributed by atoms with van der Waals surface area (Å²) in [5, 5.41) is 5.21. The molecule has 0 saturated carbocycles. The Labute approximate surface area is 384 Å². The van der Waals surface area contributed by atoms with Crippen molar-refractivity contribution >= 4 is 84.8 Å². The Balaban J connectivity index is 1.35. The SMILES string of the molecule is NCCCN1CC(=O)N(c2ccc3ccccc3c2)CC(=O)N(CCCN)CC(=O)N(c2ccc3ccccc3c2)CC(=O)N(CCCN)CC(=O)N(c2ccc3ccccc3c2)CC1=O. The van der Waals surface area contributed by atoms with Crippen LogP contribution < -0.4 is 31.9 Å². The number of hydrogen-bond donors (Lipinski definition) is 3. The summed E-state index contributed by atoms with van der Waals surface area (Å²) in [4.78, 5) is 96.3. The molecule has 0 spiro atoms. The molecule has 6 amide bonds. The molecule has 0 bridgehead atoms. The number of hydrogen-bond acceptors (Lipinski definition) is 9. The van der Waals surface area contributed by atoms with E-state index in [1.54, 1.807) is 36.4 Å². The van der Waals surface area contributed by atoms with Gasteiger partial charge in [0.15, 0.2) is 0 Å². The van der Waals surface area contributed by atoms with Crippen LogP contribution in [0.3, 0.4) is 0 Å². The molecule has 1 fully saturated rings. The fraction of sp³-hybridized carbons (Fsp3) is 0.294. The zero-order valence-corrected chi connectivity index (χ0v) is 37.1. The van der Waals surface area contributed by atoms with Crippen LogP contribution in [0.2, 0.25) is 0 Å². The minimum Gasteiger partial charge on any atom is -0.332 e. The largest absolute Gasteiger partial charge is 0.332 e. The number of carbonyl (C=O) groups excluding carboxylic acids is 6. The number of anilines is 3. The summed E-state index contributed by atoms with van der Waals surface area (Å²) in [7, 11) is 0. The Morgan fingerprint density at radius 1 is 0.318 bits per heavy atom. The van der Waals surface area contributed by atoms with Crippen molar-refractivity contribution in [3.05, 3.63) is 127 Å². The zero-order valence-electron chi connectivity index (χ0n) is 37.1. The lowest BCUT2D eigenvalue weighted by Crippen LogP contribution is -2.54. The number of amides is 6. The summed E-state index contributed by atoms with van der Waals surface area (Å²) in [6, 6.07) is 39.0. The summed E-state index contributed by atoms with van der Waals surface area (Å²) >= 11 is 0. The molecule has 1 aliphatic heterocycles. The average molecular weight is 892 g/mol. The van der Waals surface area contributed by atoms with E-state index >= 15 is 0 Å². The topological polar surface area (TPSA) is 200 Å². The van der Waals surface area contributed by atoms with E-state index < -0.39 is 74.7 Å². The lowest BCUT2D eigenvalue weighted by atomic mass is 10.1. The van der Waals surface area contributed by atoms with Gasteiger partial charge in [0.2, 0.25) is 35.4 Å². The van der Waals surface area contributed by atoms with Crippen molar-refractivity contribution in [3.8, 4) is 0 Å². The highest BCUT2D eigenvalue weighted by atomic mass is 16.2. The molecular formula is C51H57N9O6. The second-order valence-electron chi connectivity index (χ2n) is 16.4. The Morgan fingerprint density at radius 3 is 0.833 bits per heavy atom. The lowest BCUT2D eigenvalue weighted by molar-refractivity contribution is -0.138. The van der Waals surface area contributed by atoms with Gasteiger partial charge >= 0.3 is 0 Å². The Morgan fingerprint density at radius 2 is 0.576 bits per heavy atom. The van der Waals surface area contributed by atoms with Gasteiger partial charge in [0.05, 0.1) is 0 Å². The van der Waals surface area contributed by atoms with Crippen LogP contribution in [0.15, 0.2) is 127 Å². The van der Waals surface area contributed by atoms with Crippen LogP contribution >= 0.6 is 0 Å². The van der Waals surface area contributed by atoms with Gasteiger partial charge in [-0.3, -0.25) is 28.8 Å². The minimum absolute atomic E-state index is 0.0865. The number of rotatable bonds is 12. The van der Waals surface area contributed by atoms with Gasteiger partial charge < -0.3 is 46.6 Å². The van der Waals surface area contributed by atoms with E-state index in [1.807, 2.05) is 91.0 Å². The maximum Gasteiger partial charge on any atom is 0.247 e. The molecule has 0 atom stereocenters. The second-order valence-corrected chi connectivity index (χ2v) is 16.4. The summed E-state index contributed by atoms with van der Waals surface area (Å²) in [5.74, 6) is -3.30. The molecule has 0 aromatic heterocycles. The van der Waals surface area contributed by atoms with E-state index in [0.29, 0.717) is 36.3 Å². The van der Waals surface area contributed by atoms with E-state index in [4.69, 9.17) is 17.2 Å². The smallest absolute Gasteiger partial charge is 0.247 e.